The molecule has 1 saturated carbocycles. The van der Waals surface area contributed by atoms with E-state index in [1.165, 1.54) is 55.2 Å². The fourth-order valence-electron chi connectivity index (χ4n) is 3.43. The molecule has 1 aromatic rings. The minimum atomic E-state index is 0.652. The Morgan fingerprint density at radius 1 is 1.00 bits per heavy atom. The third-order valence-electron chi connectivity index (χ3n) is 4.52. The topological polar surface area (TPSA) is 12.0 Å². The van der Waals surface area contributed by atoms with Gasteiger partial charge in [-0.15, -0.1) is 0 Å². The normalized spacial score (nSPS) is 19.1. The first-order chi connectivity index (χ1) is 9.15. The molecule has 106 valence electrons. The minimum Gasteiger partial charge on any atom is -0.310 e. The van der Waals surface area contributed by atoms with Crippen LogP contribution in [0.5, 0.6) is 0 Å². The van der Waals surface area contributed by atoms with Gasteiger partial charge in [-0.3, -0.25) is 0 Å². The molecule has 0 saturated heterocycles. The summed E-state index contributed by atoms with van der Waals surface area (Å²) in [6.07, 6.45) is 8.59. The van der Waals surface area contributed by atoms with Crippen molar-refractivity contribution in [1.82, 2.24) is 5.32 Å². The number of hydrogen-bond donors (Lipinski definition) is 1. The molecular weight excluding hydrogens is 230 g/mol. The molecular formula is C18H29N. The summed E-state index contributed by atoms with van der Waals surface area (Å²) >= 11 is 0. The van der Waals surface area contributed by atoms with Gasteiger partial charge < -0.3 is 5.32 Å². The molecule has 0 spiro atoms. The van der Waals surface area contributed by atoms with Crippen molar-refractivity contribution in [1.29, 1.82) is 0 Å². The Kier molecular flexibility index (Phi) is 5.45. The van der Waals surface area contributed by atoms with Gasteiger partial charge >= 0.3 is 0 Å². The fourth-order valence-corrected chi connectivity index (χ4v) is 3.43. The number of nitrogens with one attached hydrogen (secondary N) is 1. The number of rotatable bonds is 4. The quantitative estimate of drug-likeness (QED) is 0.769. The average Bonchev–Trinajstić information content (AvgIpc) is 2.63. The van der Waals surface area contributed by atoms with Gasteiger partial charge in [0.05, 0.1) is 0 Å². The van der Waals surface area contributed by atoms with Gasteiger partial charge in [0.2, 0.25) is 0 Å². The second-order valence-corrected chi connectivity index (χ2v) is 6.42. The molecule has 1 N–H and O–H groups in total. The van der Waals surface area contributed by atoms with E-state index in [4.69, 9.17) is 0 Å². The van der Waals surface area contributed by atoms with Gasteiger partial charge in [-0.1, -0.05) is 55.0 Å². The molecule has 0 amide bonds. The Labute approximate surface area is 118 Å². The Bertz CT molecular complexity index is 368. The highest BCUT2D eigenvalue weighted by molar-refractivity contribution is 5.28. The standard InChI is InChI=1S/C18H29N/c1-14-10-15(2)12-17(11-14)13-19-16(3)18-8-6-4-5-7-9-18/h10-12,16,18-19H,4-9,13H2,1-3H3/t16-/m1/s1. The summed E-state index contributed by atoms with van der Waals surface area (Å²) in [5, 5.41) is 3.75. The van der Waals surface area contributed by atoms with Crippen LogP contribution < -0.4 is 5.32 Å². The maximum atomic E-state index is 3.75. The van der Waals surface area contributed by atoms with Gasteiger partial charge in [-0.2, -0.15) is 0 Å². The highest BCUT2D eigenvalue weighted by Gasteiger charge is 2.18. The van der Waals surface area contributed by atoms with Crippen molar-refractivity contribution in [3.8, 4) is 0 Å². The van der Waals surface area contributed by atoms with Crippen molar-refractivity contribution < 1.29 is 0 Å². The van der Waals surface area contributed by atoms with Crippen molar-refractivity contribution >= 4 is 0 Å². The molecule has 0 aliphatic heterocycles. The third kappa shape index (κ3) is 4.65. The van der Waals surface area contributed by atoms with Crippen LogP contribution in [0, 0.1) is 19.8 Å². The Morgan fingerprint density at radius 3 is 2.16 bits per heavy atom. The average molecular weight is 259 g/mol. The number of aryl methyl sites for hydroxylation is 2. The molecule has 0 radical (unpaired) electrons. The first-order valence-corrected chi connectivity index (χ1v) is 7.96. The summed E-state index contributed by atoms with van der Waals surface area (Å²) in [6.45, 7) is 7.76. The van der Waals surface area contributed by atoms with Gasteiger partial charge in [0.25, 0.3) is 0 Å². The molecule has 1 nitrogen and oxygen atoms in total. The van der Waals surface area contributed by atoms with E-state index in [0.29, 0.717) is 6.04 Å². The smallest absolute Gasteiger partial charge is 0.0208 e. The van der Waals surface area contributed by atoms with E-state index in [9.17, 15) is 0 Å². The first kappa shape index (κ1) is 14.6. The Balaban J connectivity index is 1.86. The number of hydrogen-bond acceptors (Lipinski definition) is 1. The lowest BCUT2D eigenvalue weighted by molar-refractivity contribution is 0.336. The molecule has 19 heavy (non-hydrogen) atoms. The van der Waals surface area contributed by atoms with Crippen molar-refractivity contribution in [3.05, 3.63) is 34.9 Å². The van der Waals surface area contributed by atoms with E-state index in [0.717, 1.165) is 12.5 Å². The van der Waals surface area contributed by atoms with Gasteiger partial charge in [0.15, 0.2) is 0 Å². The van der Waals surface area contributed by atoms with Gasteiger partial charge in [-0.05, 0) is 45.1 Å². The predicted octanol–water partition coefficient (Wildman–Crippen LogP) is 4.75. The molecule has 1 aliphatic carbocycles. The molecule has 1 heteroatoms. The summed E-state index contributed by atoms with van der Waals surface area (Å²) in [7, 11) is 0. The monoisotopic (exact) mass is 259 g/mol. The predicted molar refractivity (Wildman–Crippen MR) is 83.4 cm³/mol. The van der Waals surface area contributed by atoms with Crippen molar-refractivity contribution in [2.24, 2.45) is 5.92 Å². The summed E-state index contributed by atoms with van der Waals surface area (Å²) in [6, 6.07) is 7.51. The second kappa shape index (κ2) is 7.09. The van der Waals surface area contributed by atoms with Gasteiger partial charge in [0.1, 0.15) is 0 Å². The van der Waals surface area contributed by atoms with Crippen LogP contribution in [0.1, 0.15) is 62.1 Å². The fraction of sp³-hybridized carbons (Fsp3) is 0.667. The number of benzene rings is 1. The first-order valence-electron chi connectivity index (χ1n) is 7.96. The van der Waals surface area contributed by atoms with E-state index in [2.05, 4.69) is 44.3 Å². The summed E-state index contributed by atoms with van der Waals surface area (Å²) in [5.74, 6) is 0.883. The highest BCUT2D eigenvalue weighted by Crippen LogP contribution is 2.25. The van der Waals surface area contributed by atoms with E-state index in [1.807, 2.05) is 0 Å². The van der Waals surface area contributed by atoms with Crippen LogP contribution in [0.3, 0.4) is 0 Å². The summed E-state index contributed by atoms with van der Waals surface area (Å²) in [5.41, 5.74) is 4.18. The zero-order chi connectivity index (χ0) is 13.7. The minimum absolute atomic E-state index is 0.652. The van der Waals surface area contributed by atoms with Crippen LogP contribution in [-0.4, -0.2) is 6.04 Å². The van der Waals surface area contributed by atoms with Crippen LogP contribution in [0.2, 0.25) is 0 Å². The zero-order valence-electron chi connectivity index (χ0n) is 12.8. The lowest BCUT2D eigenvalue weighted by atomic mass is 9.93. The van der Waals surface area contributed by atoms with Crippen LogP contribution >= 0.6 is 0 Å². The van der Waals surface area contributed by atoms with Crippen LogP contribution in [0.15, 0.2) is 18.2 Å². The highest BCUT2D eigenvalue weighted by atomic mass is 14.9. The summed E-state index contributed by atoms with van der Waals surface area (Å²) in [4.78, 5) is 0. The largest absolute Gasteiger partial charge is 0.310 e. The lowest BCUT2D eigenvalue weighted by Crippen LogP contribution is -2.33. The molecule has 1 atom stereocenters. The van der Waals surface area contributed by atoms with Crippen molar-refractivity contribution in [3.63, 3.8) is 0 Å². The maximum Gasteiger partial charge on any atom is 0.0208 e. The Hall–Kier alpha value is -0.820. The van der Waals surface area contributed by atoms with Crippen molar-refractivity contribution in [2.45, 2.75) is 71.9 Å². The summed E-state index contributed by atoms with van der Waals surface area (Å²) < 4.78 is 0. The molecule has 0 unspecified atom stereocenters. The third-order valence-corrected chi connectivity index (χ3v) is 4.52. The van der Waals surface area contributed by atoms with E-state index >= 15 is 0 Å². The molecule has 1 aromatic carbocycles. The molecule has 0 aromatic heterocycles. The van der Waals surface area contributed by atoms with E-state index in [1.54, 1.807) is 0 Å². The molecule has 0 heterocycles. The van der Waals surface area contributed by atoms with Gasteiger partial charge in [0, 0.05) is 12.6 Å². The maximum absolute atomic E-state index is 3.75. The second-order valence-electron chi connectivity index (χ2n) is 6.42. The Morgan fingerprint density at radius 2 is 1.58 bits per heavy atom. The van der Waals surface area contributed by atoms with Gasteiger partial charge in [-0.25, -0.2) is 0 Å². The van der Waals surface area contributed by atoms with Crippen LogP contribution in [0.25, 0.3) is 0 Å². The molecule has 1 fully saturated rings. The van der Waals surface area contributed by atoms with E-state index < -0.39 is 0 Å². The molecule has 0 bridgehead atoms. The molecule has 1 aliphatic rings. The van der Waals surface area contributed by atoms with E-state index in [-0.39, 0.29) is 0 Å². The van der Waals surface area contributed by atoms with Crippen LogP contribution in [0.4, 0.5) is 0 Å². The van der Waals surface area contributed by atoms with Crippen molar-refractivity contribution in [2.75, 3.05) is 0 Å². The zero-order valence-corrected chi connectivity index (χ0v) is 12.8. The van der Waals surface area contributed by atoms with Crippen LogP contribution in [-0.2, 0) is 6.54 Å². The SMILES string of the molecule is Cc1cc(C)cc(CN[C@H](C)C2CCCCCC2)c1. The molecule has 2 rings (SSSR count). The lowest BCUT2D eigenvalue weighted by Gasteiger charge is -2.24.